The maximum absolute atomic E-state index is 12.2. The van der Waals surface area contributed by atoms with Crippen LogP contribution in [-0.4, -0.2) is 30.1 Å². The second-order valence-electron chi connectivity index (χ2n) is 6.22. The van der Waals surface area contributed by atoms with Gasteiger partial charge in [-0.2, -0.15) is 0 Å². The summed E-state index contributed by atoms with van der Waals surface area (Å²) in [5.41, 5.74) is 1.36. The van der Waals surface area contributed by atoms with Gasteiger partial charge in [-0.05, 0) is 30.9 Å². The smallest absolute Gasteiger partial charge is 0.372 e. The first kappa shape index (κ1) is 17.2. The van der Waals surface area contributed by atoms with Gasteiger partial charge in [0.05, 0.1) is 5.56 Å². The fraction of sp³-hybridized carbons (Fsp3) is 0.529. The van der Waals surface area contributed by atoms with Gasteiger partial charge in [0.1, 0.15) is 0 Å². The van der Waals surface area contributed by atoms with Crippen LogP contribution in [0, 0.1) is 18.8 Å². The van der Waals surface area contributed by atoms with Crippen LogP contribution >= 0.6 is 0 Å². The molecule has 0 aromatic heterocycles. The quantitative estimate of drug-likeness (QED) is 0.611. The summed E-state index contributed by atoms with van der Waals surface area (Å²) in [4.78, 5) is 25.8. The van der Waals surface area contributed by atoms with Gasteiger partial charge in [0.25, 0.3) is 0 Å². The lowest BCUT2D eigenvalue weighted by Crippen LogP contribution is -2.38. The molecule has 0 aliphatic rings. The number of ether oxygens (including phenoxy) is 1. The molecule has 0 atom stereocenters. The van der Waals surface area contributed by atoms with Gasteiger partial charge in [0.2, 0.25) is 0 Å². The molecular weight excluding hydrogens is 266 g/mol. The Hall–Kier alpha value is -1.84. The lowest BCUT2D eigenvalue weighted by atomic mass is 10.1. The molecular formula is C17H25NO3. The summed E-state index contributed by atoms with van der Waals surface area (Å²) < 4.78 is 5.00. The number of hydrogen-bond acceptors (Lipinski definition) is 3. The number of nitrogens with zero attached hydrogens (tertiary/aromatic N) is 1. The van der Waals surface area contributed by atoms with Gasteiger partial charge in [0.15, 0.2) is 0 Å². The summed E-state index contributed by atoms with van der Waals surface area (Å²) in [7, 11) is 0. The van der Waals surface area contributed by atoms with Crippen LogP contribution in [0.3, 0.4) is 0 Å². The predicted octanol–water partition coefficient (Wildman–Crippen LogP) is 3.89. The van der Waals surface area contributed by atoms with E-state index in [2.05, 4.69) is 0 Å². The van der Waals surface area contributed by atoms with Gasteiger partial charge in [-0.15, -0.1) is 0 Å². The van der Waals surface area contributed by atoms with Crippen molar-refractivity contribution in [1.29, 1.82) is 0 Å². The number of esters is 1. The Kier molecular flexibility index (Phi) is 6.40. The molecule has 0 fully saturated rings. The van der Waals surface area contributed by atoms with Crippen LogP contribution in [0.4, 0.5) is 4.79 Å². The maximum atomic E-state index is 12.2. The van der Waals surface area contributed by atoms with Gasteiger partial charge in [-0.1, -0.05) is 45.4 Å². The van der Waals surface area contributed by atoms with Crippen LogP contribution in [0.15, 0.2) is 24.3 Å². The van der Waals surface area contributed by atoms with Crippen molar-refractivity contribution in [3.05, 3.63) is 35.4 Å². The van der Waals surface area contributed by atoms with E-state index in [-0.39, 0.29) is 0 Å². The zero-order valence-electron chi connectivity index (χ0n) is 13.6. The highest BCUT2D eigenvalue weighted by Crippen LogP contribution is 2.10. The highest BCUT2D eigenvalue weighted by molar-refractivity contribution is 5.96. The number of carbonyl (C=O) groups is 2. The van der Waals surface area contributed by atoms with Crippen molar-refractivity contribution in [2.24, 2.45) is 11.8 Å². The molecule has 1 aromatic carbocycles. The van der Waals surface area contributed by atoms with Gasteiger partial charge in [-0.25, -0.2) is 9.59 Å². The molecule has 21 heavy (non-hydrogen) atoms. The zero-order valence-corrected chi connectivity index (χ0v) is 13.6. The SMILES string of the molecule is Cc1cccc(C(=O)OC(=O)N(CC(C)C)CC(C)C)c1. The molecule has 0 spiro atoms. The van der Waals surface area contributed by atoms with E-state index < -0.39 is 12.1 Å². The second kappa shape index (κ2) is 7.81. The molecule has 4 heteroatoms. The molecule has 0 N–H and O–H groups in total. The monoisotopic (exact) mass is 291 g/mol. The van der Waals surface area contributed by atoms with E-state index in [4.69, 9.17) is 4.74 Å². The zero-order chi connectivity index (χ0) is 16.0. The molecule has 0 heterocycles. The number of benzene rings is 1. The average molecular weight is 291 g/mol. The van der Waals surface area contributed by atoms with E-state index in [1.165, 1.54) is 0 Å². The predicted molar refractivity (Wildman–Crippen MR) is 83.2 cm³/mol. The van der Waals surface area contributed by atoms with E-state index in [9.17, 15) is 9.59 Å². The first-order chi connectivity index (χ1) is 9.79. The van der Waals surface area contributed by atoms with Crippen LogP contribution < -0.4 is 0 Å². The lowest BCUT2D eigenvalue weighted by molar-refractivity contribution is 0.0522. The summed E-state index contributed by atoms with van der Waals surface area (Å²) in [6.45, 7) is 11.2. The summed E-state index contributed by atoms with van der Waals surface area (Å²) in [6, 6.07) is 7.03. The Balaban J connectivity index is 2.73. The third-order valence-corrected chi connectivity index (χ3v) is 2.86. The van der Waals surface area contributed by atoms with Crippen molar-refractivity contribution in [3.63, 3.8) is 0 Å². The van der Waals surface area contributed by atoms with E-state index >= 15 is 0 Å². The van der Waals surface area contributed by atoms with Gasteiger partial charge < -0.3 is 9.64 Å². The minimum absolute atomic E-state index is 0.324. The van der Waals surface area contributed by atoms with E-state index in [0.717, 1.165) is 5.56 Å². The minimum Gasteiger partial charge on any atom is -0.372 e. The largest absolute Gasteiger partial charge is 0.417 e. The summed E-state index contributed by atoms with van der Waals surface area (Å²) in [5.74, 6) is 0.0527. The highest BCUT2D eigenvalue weighted by Gasteiger charge is 2.21. The van der Waals surface area contributed by atoms with Crippen LogP contribution in [-0.2, 0) is 4.74 Å². The number of aryl methyl sites for hydroxylation is 1. The van der Waals surface area contributed by atoms with Crippen molar-refractivity contribution in [3.8, 4) is 0 Å². The topological polar surface area (TPSA) is 46.6 Å². The molecule has 0 saturated heterocycles. The Bertz CT molecular complexity index is 485. The highest BCUT2D eigenvalue weighted by atomic mass is 16.6. The fourth-order valence-corrected chi connectivity index (χ4v) is 2.08. The first-order valence-corrected chi connectivity index (χ1v) is 7.37. The van der Waals surface area contributed by atoms with E-state index in [0.29, 0.717) is 30.5 Å². The van der Waals surface area contributed by atoms with Crippen LogP contribution in [0.2, 0.25) is 0 Å². The number of rotatable bonds is 5. The van der Waals surface area contributed by atoms with Gasteiger partial charge in [-0.3, -0.25) is 0 Å². The van der Waals surface area contributed by atoms with Crippen molar-refractivity contribution in [1.82, 2.24) is 4.90 Å². The van der Waals surface area contributed by atoms with E-state index in [1.807, 2.05) is 40.7 Å². The van der Waals surface area contributed by atoms with Crippen molar-refractivity contribution < 1.29 is 14.3 Å². The third kappa shape index (κ3) is 5.98. The molecule has 1 rings (SSSR count). The van der Waals surface area contributed by atoms with Gasteiger partial charge >= 0.3 is 12.1 Å². The molecule has 0 bridgehead atoms. The van der Waals surface area contributed by atoms with E-state index in [1.54, 1.807) is 23.1 Å². The number of amides is 1. The normalized spacial score (nSPS) is 10.8. The van der Waals surface area contributed by atoms with Crippen LogP contribution in [0.25, 0.3) is 0 Å². The van der Waals surface area contributed by atoms with Gasteiger partial charge in [0, 0.05) is 13.1 Å². The summed E-state index contributed by atoms with van der Waals surface area (Å²) in [5, 5.41) is 0. The molecule has 1 amide bonds. The van der Waals surface area contributed by atoms with Crippen molar-refractivity contribution >= 4 is 12.1 Å². The average Bonchev–Trinajstić information content (AvgIpc) is 2.36. The fourth-order valence-electron chi connectivity index (χ4n) is 2.08. The molecule has 116 valence electrons. The molecule has 0 aliphatic heterocycles. The summed E-state index contributed by atoms with van der Waals surface area (Å²) >= 11 is 0. The Morgan fingerprint density at radius 2 is 1.67 bits per heavy atom. The molecule has 4 nitrogen and oxygen atoms in total. The molecule has 0 unspecified atom stereocenters. The van der Waals surface area contributed by atoms with Crippen LogP contribution in [0.1, 0.15) is 43.6 Å². The molecule has 0 radical (unpaired) electrons. The third-order valence-electron chi connectivity index (χ3n) is 2.86. The second-order valence-corrected chi connectivity index (χ2v) is 6.22. The van der Waals surface area contributed by atoms with Crippen molar-refractivity contribution in [2.75, 3.05) is 13.1 Å². The minimum atomic E-state index is -0.596. The van der Waals surface area contributed by atoms with Crippen LogP contribution in [0.5, 0.6) is 0 Å². The summed E-state index contributed by atoms with van der Waals surface area (Å²) in [6.07, 6.45) is -0.566. The number of carbonyl (C=O) groups excluding carboxylic acids is 2. The standard InChI is InChI=1S/C17H25NO3/c1-12(2)10-18(11-13(3)4)17(20)21-16(19)15-8-6-7-14(5)9-15/h6-9,12-13H,10-11H2,1-5H3. The molecule has 1 aromatic rings. The molecule has 0 saturated carbocycles. The Morgan fingerprint density at radius 1 is 1.10 bits per heavy atom. The first-order valence-electron chi connectivity index (χ1n) is 7.37. The number of hydrogen-bond donors (Lipinski definition) is 0. The Labute approximate surface area is 127 Å². The molecule has 0 aliphatic carbocycles. The lowest BCUT2D eigenvalue weighted by Gasteiger charge is -2.25. The Morgan fingerprint density at radius 3 is 2.14 bits per heavy atom. The maximum Gasteiger partial charge on any atom is 0.417 e. The van der Waals surface area contributed by atoms with Crippen molar-refractivity contribution in [2.45, 2.75) is 34.6 Å².